The Morgan fingerprint density at radius 2 is 2.07 bits per heavy atom. The molecule has 2 aromatic carbocycles. The molecule has 1 aromatic heterocycles. The molecule has 27 heavy (non-hydrogen) atoms. The summed E-state index contributed by atoms with van der Waals surface area (Å²) in [6, 6.07) is 9.81. The van der Waals surface area contributed by atoms with E-state index in [2.05, 4.69) is 10.3 Å². The Hall–Kier alpha value is -3.22. The Morgan fingerprint density at radius 3 is 2.89 bits per heavy atom. The highest BCUT2D eigenvalue weighted by Crippen LogP contribution is 2.29. The summed E-state index contributed by atoms with van der Waals surface area (Å²) in [5.41, 5.74) is 2.94. The molecule has 3 aromatic rings. The molecule has 1 fully saturated rings. The maximum absolute atomic E-state index is 13.9. The molecule has 6 nitrogen and oxygen atoms in total. The van der Waals surface area contributed by atoms with Crippen molar-refractivity contribution in [2.24, 2.45) is 5.92 Å². The quantitative estimate of drug-likeness (QED) is 0.768. The molecule has 2 amide bonds. The number of anilines is 2. The minimum atomic E-state index is -0.549. The lowest BCUT2D eigenvalue weighted by molar-refractivity contribution is -0.122. The van der Waals surface area contributed by atoms with Gasteiger partial charge in [-0.2, -0.15) is 0 Å². The SMILES string of the molecule is Cc1ccc(F)c(NC(=O)[C@@H]2CC(=O)N(c3ccc4oc(C)nc4c3)C2)c1. The Balaban J connectivity index is 1.52. The van der Waals surface area contributed by atoms with Gasteiger partial charge in [-0.3, -0.25) is 9.59 Å². The number of nitrogens with zero attached hydrogens (tertiary/aromatic N) is 2. The first kappa shape index (κ1) is 17.2. The van der Waals surface area contributed by atoms with Crippen molar-refractivity contribution in [3.05, 3.63) is 53.7 Å². The van der Waals surface area contributed by atoms with E-state index in [1.54, 1.807) is 42.2 Å². The molecule has 2 heterocycles. The summed E-state index contributed by atoms with van der Waals surface area (Å²) in [6.45, 7) is 3.81. The van der Waals surface area contributed by atoms with Gasteiger partial charge in [0.2, 0.25) is 11.8 Å². The molecular formula is C20H18FN3O3. The topological polar surface area (TPSA) is 75.4 Å². The summed E-state index contributed by atoms with van der Waals surface area (Å²) >= 11 is 0. The molecule has 0 unspecified atom stereocenters. The van der Waals surface area contributed by atoms with Gasteiger partial charge >= 0.3 is 0 Å². The van der Waals surface area contributed by atoms with E-state index in [4.69, 9.17) is 4.42 Å². The van der Waals surface area contributed by atoms with Gasteiger partial charge in [0.25, 0.3) is 0 Å². The molecule has 1 N–H and O–H groups in total. The maximum atomic E-state index is 13.9. The molecule has 1 aliphatic heterocycles. The molecule has 4 rings (SSSR count). The van der Waals surface area contributed by atoms with Gasteiger partial charge in [-0.1, -0.05) is 6.07 Å². The fraction of sp³-hybridized carbons (Fsp3) is 0.250. The highest BCUT2D eigenvalue weighted by Gasteiger charge is 2.35. The molecular weight excluding hydrogens is 349 g/mol. The lowest BCUT2D eigenvalue weighted by atomic mass is 10.1. The third-order valence-corrected chi connectivity index (χ3v) is 4.67. The van der Waals surface area contributed by atoms with E-state index in [9.17, 15) is 14.0 Å². The number of hydrogen-bond acceptors (Lipinski definition) is 4. The number of oxazole rings is 1. The van der Waals surface area contributed by atoms with Gasteiger partial charge in [0.1, 0.15) is 11.3 Å². The number of aromatic nitrogens is 1. The first-order valence-electron chi connectivity index (χ1n) is 8.65. The number of carbonyl (C=O) groups excluding carboxylic acids is 2. The number of hydrogen-bond donors (Lipinski definition) is 1. The van der Waals surface area contributed by atoms with Crippen molar-refractivity contribution in [3.8, 4) is 0 Å². The third-order valence-electron chi connectivity index (χ3n) is 4.67. The van der Waals surface area contributed by atoms with Crippen LogP contribution in [0, 0.1) is 25.6 Å². The highest BCUT2D eigenvalue weighted by molar-refractivity contribution is 6.04. The second-order valence-corrected chi connectivity index (χ2v) is 6.76. The Kier molecular flexibility index (Phi) is 4.14. The number of fused-ring (bicyclic) bond motifs is 1. The number of amides is 2. The molecule has 1 atom stereocenters. The molecule has 1 aliphatic rings. The van der Waals surface area contributed by atoms with Crippen molar-refractivity contribution in [2.75, 3.05) is 16.8 Å². The van der Waals surface area contributed by atoms with Crippen LogP contribution in [0.4, 0.5) is 15.8 Å². The van der Waals surface area contributed by atoms with Crippen LogP contribution in [0.25, 0.3) is 11.1 Å². The normalized spacial score (nSPS) is 16.9. The van der Waals surface area contributed by atoms with Gasteiger partial charge in [0, 0.05) is 25.6 Å². The zero-order valence-electron chi connectivity index (χ0n) is 15.0. The molecule has 138 valence electrons. The average Bonchev–Trinajstić information content (AvgIpc) is 3.19. The van der Waals surface area contributed by atoms with Gasteiger partial charge in [0.15, 0.2) is 11.5 Å². The van der Waals surface area contributed by atoms with E-state index in [1.165, 1.54) is 6.07 Å². The van der Waals surface area contributed by atoms with Gasteiger partial charge in [0.05, 0.1) is 11.6 Å². The number of carbonyl (C=O) groups is 2. The van der Waals surface area contributed by atoms with Crippen molar-refractivity contribution < 1.29 is 18.4 Å². The number of benzene rings is 2. The summed E-state index contributed by atoms with van der Waals surface area (Å²) < 4.78 is 19.3. The molecule has 1 saturated heterocycles. The van der Waals surface area contributed by atoms with E-state index in [0.717, 1.165) is 5.56 Å². The average molecular weight is 367 g/mol. The van der Waals surface area contributed by atoms with Gasteiger partial charge in [-0.15, -0.1) is 0 Å². The summed E-state index contributed by atoms with van der Waals surface area (Å²) in [7, 11) is 0. The van der Waals surface area contributed by atoms with E-state index in [1.807, 2.05) is 6.92 Å². The van der Waals surface area contributed by atoms with E-state index in [-0.39, 0.29) is 30.5 Å². The summed E-state index contributed by atoms with van der Waals surface area (Å²) in [5, 5.41) is 2.60. The molecule has 0 bridgehead atoms. The Bertz CT molecular complexity index is 1060. The van der Waals surface area contributed by atoms with Crippen LogP contribution in [0.3, 0.4) is 0 Å². The van der Waals surface area contributed by atoms with Crippen molar-refractivity contribution >= 4 is 34.3 Å². The number of rotatable bonds is 3. The van der Waals surface area contributed by atoms with Crippen LogP contribution in [0.15, 0.2) is 40.8 Å². The second-order valence-electron chi connectivity index (χ2n) is 6.76. The van der Waals surface area contributed by atoms with Crippen molar-refractivity contribution in [3.63, 3.8) is 0 Å². The minimum absolute atomic E-state index is 0.0785. The minimum Gasteiger partial charge on any atom is -0.441 e. The Morgan fingerprint density at radius 1 is 1.26 bits per heavy atom. The van der Waals surface area contributed by atoms with Crippen LogP contribution in [-0.4, -0.2) is 23.3 Å². The molecule has 7 heteroatoms. The van der Waals surface area contributed by atoms with Crippen molar-refractivity contribution in [1.29, 1.82) is 0 Å². The lowest BCUT2D eigenvalue weighted by Crippen LogP contribution is -2.28. The van der Waals surface area contributed by atoms with Crippen molar-refractivity contribution in [2.45, 2.75) is 20.3 Å². The maximum Gasteiger partial charge on any atom is 0.229 e. The van der Waals surface area contributed by atoms with Crippen LogP contribution < -0.4 is 10.2 Å². The first-order valence-corrected chi connectivity index (χ1v) is 8.65. The lowest BCUT2D eigenvalue weighted by Gasteiger charge is -2.16. The molecule has 0 saturated carbocycles. The summed E-state index contributed by atoms with van der Waals surface area (Å²) in [6.07, 6.45) is 0.0785. The van der Waals surface area contributed by atoms with Crippen LogP contribution in [0.5, 0.6) is 0 Å². The molecule has 0 spiro atoms. The summed E-state index contributed by atoms with van der Waals surface area (Å²) in [5.74, 6) is -1.02. The third kappa shape index (κ3) is 3.28. The van der Waals surface area contributed by atoms with Gasteiger partial charge in [-0.25, -0.2) is 9.37 Å². The van der Waals surface area contributed by atoms with Crippen LogP contribution in [0.1, 0.15) is 17.9 Å². The number of nitrogens with one attached hydrogen (secondary N) is 1. The smallest absolute Gasteiger partial charge is 0.229 e. The van der Waals surface area contributed by atoms with Crippen LogP contribution in [-0.2, 0) is 9.59 Å². The van der Waals surface area contributed by atoms with Crippen molar-refractivity contribution in [1.82, 2.24) is 4.98 Å². The largest absolute Gasteiger partial charge is 0.441 e. The molecule has 0 radical (unpaired) electrons. The van der Waals surface area contributed by atoms with Gasteiger partial charge < -0.3 is 14.6 Å². The molecule has 0 aliphatic carbocycles. The van der Waals surface area contributed by atoms with Crippen LogP contribution >= 0.6 is 0 Å². The van der Waals surface area contributed by atoms with E-state index < -0.39 is 11.7 Å². The monoisotopic (exact) mass is 367 g/mol. The van der Waals surface area contributed by atoms with E-state index in [0.29, 0.717) is 22.7 Å². The first-order chi connectivity index (χ1) is 12.9. The zero-order chi connectivity index (χ0) is 19.1. The van der Waals surface area contributed by atoms with Crippen LogP contribution in [0.2, 0.25) is 0 Å². The number of halogens is 1. The predicted molar refractivity (Wildman–Crippen MR) is 99.0 cm³/mol. The fourth-order valence-electron chi connectivity index (χ4n) is 3.30. The number of aryl methyl sites for hydroxylation is 2. The van der Waals surface area contributed by atoms with Gasteiger partial charge in [-0.05, 0) is 42.8 Å². The Labute approximate surface area is 155 Å². The predicted octanol–water partition coefficient (Wildman–Crippen LogP) is 3.58. The summed E-state index contributed by atoms with van der Waals surface area (Å²) in [4.78, 5) is 30.8. The fourth-order valence-corrected chi connectivity index (χ4v) is 3.30. The highest BCUT2D eigenvalue weighted by atomic mass is 19.1. The standard InChI is InChI=1S/C20H18FN3O3/c1-11-3-5-15(21)16(7-11)23-20(26)13-8-19(25)24(10-13)14-4-6-18-17(9-14)22-12(2)27-18/h3-7,9,13H,8,10H2,1-2H3,(H,23,26)/t13-/m1/s1. The van der Waals surface area contributed by atoms with E-state index >= 15 is 0 Å². The zero-order valence-corrected chi connectivity index (χ0v) is 15.0. The second kappa shape index (κ2) is 6.50.